The third-order valence-electron chi connectivity index (χ3n) is 4.14. The number of piperazine rings is 1. The van der Waals surface area contributed by atoms with Crippen molar-refractivity contribution in [2.75, 3.05) is 33.2 Å². The van der Waals surface area contributed by atoms with Crippen LogP contribution in [0.3, 0.4) is 0 Å². The monoisotopic (exact) mass is 323 g/mol. The molecule has 0 spiro atoms. The third-order valence-corrected chi connectivity index (χ3v) is 5.05. The van der Waals surface area contributed by atoms with Crippen molar-refractivity contribution >= 4 is 23.0 Å². The molecule has 1 aromatic heterocycles. The minimum Gasteiger partial charge on any atom is -0.352 e. The molecule has 6 heteroatoms. The number of hydrogen-bond acceptors (Lipinski definition) is 5. The van der Waals surface area contributed by atoms with Gasteiger partial charge < -0.3 is 10.2 Å². The van der Waals surface area contributed by atoms with Crippen LogP contribution in [-0.2, 0) is 4.79 Å². The normalized spacial score (nSPS) is 19.6. The SMILES string of the molecule is C[C@@H](CC(=O)c1cccs1)NC(=O)[C@H](C)N1CCN(C)CC1. The molecule has 1 saturated heterocycles. The van der Waals surface area contributed by atoms with Crippen LogP contribution < -0.4 is 5.32 Å². The first-order valence-corrected chi connectivity index (χ1v) is 8.65. The van der Waals surface area contributed by atoms with Crippen molar-refractivity contribution in [3.05, 3.63) is 22.4 Å². The van der Waals surface area contributed by atoms with Gasteiger partial charge in [-0.25, -0.2) is 0 Å². The number of thiophene rings is 1. The third kappa shape index (κ3) is 4.63. The van der Waals surface area contributed by atoms with Gasteiger partial charge in [0, 0.05) is 38.6 Å². The molecular formula is C16H25N3O2S. The van der Waals surface area contributed by atoms with Gasteiger partial charge in [0.25, 0.3) is 0 Å². The van der Waals surface area contributed by atoms with E-state index in [1.807, 2.05) is 31.4 Å². The molecule has 1 N–H and O–H groups in total. The molecule has 1 amide bonds. The van der Waals surface area contributed by atoms with Crippen LogP contribution in [0, 0.1) is 0 Å². The quantitative estimate of drug-likeness (QED) is 0.806. The number of nitrogens with zero attached hydrogens (tertiary/aromatic N) is 2. The summed E-state index contributed by atoms with van der Waals surface area (Å²) < 4.78 is 0. The highest BCUT2D eigenvalue weighted by atomic mass is 32.1. The number of ketones is 1. The Balaban J connectivity index is 1.79. The largest absolute Gasteiger partial charge is 0.352 e. The Kier molecular flexibility index (Phi) is 6.11. The van der Waals surface area contributed by atoms with E-state index in [1.165, 1.54) is 11.3 Å². The lowest BCUT2D eigenvalue weighted by atomic mass is 10.1. The highest BCUT2D eigenvalue weighted by molar-refractivity contribution is 7.12. The summed E-state index contributed by atoms with van der Waals surface area (Å²) in [5.41, 5.74) is 0. The van der Waals surface area contributed by atoms with Crippen molar-refractivity contribution in [1.29, 1.82) is 0 Å². The average Bonchev–Trinajstić information content (AvgIpc) is 3.01. The van der Waals surface area contributed by atoms with E-state index < -0.39 is 0 Å². The molecule has 22 heavy (non-hydrogen) atoms. The van der Waals surface area contributed by atoms with Gasteiger partial charge in [-0.1, -0.05) is 6.07 Å². The molecule has 122 valence electrons. The molecule has 0 aromatic carbocycles. The fraction of sp³-hybridized carbons (Fsp3) is 0.625. The maximum absolute atomic E-state index is 12.3. The number of hydrogen-bond donors (Lipinski definition) is 1. The summed E-state index contributed by atoms with van der Waals surface area (Å²) in [6, 6.07) is 3.41. The lowest BCUT2D eigenvalue weighted by Crippen LogP contribution is -2.54. The van der Waals surface area contributed by atoms with Crippen LogP contribution in [0.4, 0.5) is 0 Å². The second-order valence-corrected chi connectivity index (χ2v) is 6.98. The number of carbonyl (C=O) groups is 2. The molecule has 2 rings (SSSR count). The van der Waals surface area contributed by atoms with E-state index >= 15 is 0 Å². The Morgan fingerprint density at radius 2 is 1.95 bits per heavy atom. The van der Waals surface area contributed by atoms with Crippen LogP contribution in [-0.4, -0.2) is 66.8 Å². The summed E-state index contributed by atoms with van der Waals surface area (Å²) in [5.74, 6) is 0.103. The van der Waals surface area contributed by atoms with Crippen molar-refractivity contribution in [2.45, 2.75) is 32.4 Å². The van der Waals surface area contributed by atoms with E-state index in [0.29, 0.717) is 6.42 Å². The van der Waals surface area contributed by atoms with E-state index in [0.717, 1.165) is 31.1 Å². The predicted molar refractivity (Wildman–Crippen MR) is 89.4 cm³/mol. The number of nitrogens with one attached hydrogen (secondary N) is 1. The maximum atomic E-state index is 12.3. The first-order valence-electron chi connectivity index (χ1n) is 7.77. The molecule has 1 aliphatic heterocycles. The highest BCUT2D eigenvalue weighted by Gasteiger charge is 2.25. The van der Waals surface area contributed by atoms with Crippen molar-refractivity contribution in [3.8, 4) is 0 Å². The van der Waals surface area contributed by atoms with Crippen LogP contribution in [0.5, 0.6) is 0 Å². The fourth-order valence-electron chi connectivity index (χ4n) is 2.61. The van der Waals surface area contributed by atoms with Gasteiger partial charge in [0.2, 0.25) is 5.91 Å². The van der Waals surface area contributed by atoms with Gasteiger partial charge in [-0.05, 0) is 32.3 Å². The van der Waals surface area contributed by atoms with Gasteiger partial charge in [0.15, 0.2) is 5.78 Å². The molecule has 2 atom stereocenters. The zero-order valence-electron chi connectivity index (χ0n) is 13.5. The summed E-state index contributed by atoms with van der Waals surface area (Å²) in [4.78, 5) is 29.6. The summed E-state index contributed by atoms with van der Waals surface area (Å²) in [6.07, 6.45) is 0.349. The van der Waals surface area contributed by atoms with Crippen LogP contribution in [0.2, 0.25) is 0 Å². The highest BCUT2D eigenvalue weighted by Crippen LogP contribution is 2.12. The van der Waals surface area contributed by atoms with E-state index in [-0.39, 0.29) is 23.8 Å². The predicted octanol–water partition coefficient (Wildman–Crippen LogP) is 1.46. The summed E-state index contributed by atoms with van der Waals surface area (Å²) in [7, 11) is 2.10. The van der Waals surface area contributed by atoms with Gasteiger partial charge in [-0.2, -0.15) is 0 Å². The molecule has 0 aliphatic carbocycles. The topological polar surface area (TPSA) is 52.7 Å². The molecule has 2 heterocycles. The van der Waals surface area contributed by atoms with E-state index in [1.54, 1.807) is 0 Å². The van der Waals surface area contributed by atoms with Gasteiger partial charge in [0.05, 0.1) is 10.9 Å². The molecule has 5 nitrogen and oxygen atoms in total. The second kappa shape index (κ2) is 7.85. The van der Waals surface area contributed by atoms with Gasteiger partial charge in [-0.3, -0.25) is 14.5 Å². The number of likely N-dealkylation sites (N-methyl/N-ethyl adjacent to an activating group) is 1. The van der Waals surface area contributed by atoms with Crippen LogP contribution in [0.25, 0.3) is 0 Å². The Hall–Kier alpha value is -1.24. The van der Waals surface area contributed by atoms with Crippen LogP contribution >= 0.6 is 11.3 Å². The molecule has 1 aromatic rings. The molecular weight excluding hydrogens is 298 g/mol. The Morgan fingerprint density at radius 1 is 1.27 bits per heavy atom. The van der Waals surface area contributed by atoms with Crippen LogP contribution in [0.1, 0.15) is 29.9 Å². The number of Topliss-reactive ketones (excluding diaryl/α,β-unsaturated/α-hetero) is 1. The maximum Gasteiger partial charge on any atom is 0.237 e. The second-order valence-electron chi connectivity index (χ2n) is 6.03. The first kappa shape index (κ1) is 17.1. The van der Waals surface area contributed by atoms with Crippen molar-refractivity contribution in [2.24, 2.45) is 0 Å². The number of carbonyl (C=O) groups excluding carboxylic acids is 2. The van der Waals surface area contributed by atoms with Gasteiger partial charge in [-0.15, -0.1) is 11.3 Å². The lowest BCUT2D eigenvalue weighted by Gasteiger charge is -2.36. The first-order chi connectivity index (χ1) is 10.5. The fourth-order valence-corrected chi connectivity index (χ4v) is 3.28. The van der Waals surface area contributed by atoms with Crippen molar-refractivity contribution in [1.82, 2.24) is 15.1 Å². The van der Waals surface area contributed by atoms with Crippen molar-refractivity contribution < 1.29 is 9.59 Å². The van der Waals surface area contributed by atoms with E-state index in [9.17, 15) is 9.59 Å². The van der Waals surface area contributed by atoms with E-state index in [2.05, 4.69) is 22.2 Å². The summed E-state index contributed by atoms with van der Waals surface area (Å²) >= 11 is 1.45. The Labute approximate surface area is 136 Å². The van der Waals surface area contributed by atoms with Crippen molar-refractivity contribution in [3.63, 3.8) is 0 Å². The van der Waals surface area contributed by atoms with Gasteiger partial charge in [0.1, 0.15) is 0 Å². The summed E-state index contributed by atoms with van der Waals surface area (Å²) in [5, 5.41) is 4.87. The Morgan fingerprint density at radius 3 is 2.55 bits per heavy atom. The zero-order chi connectivity index (χ0) is 16.1. The lowest BCUT2D eigenvalue weighted by molar-refractivity contribution is -0.127. The molecule has 1 aliphatic rings. The standard InChI is InChI=1S/C16H25N3O2S/c1-12(11-14(20)15-5-4-10-22-15)17-16(21)13(2)19-8-6-18(3)7-9-19/h4-5,10,12-13H,6-9,11H2,1-3H3,(H,17,21)/t12-,13-/m0/s1. The van der Waals surface area contributed by atoms with E-state index in [4.69, 9.17) is 0 Å². The number of amides is 1. The smallest absolute Gasteiger partial charge is 0.237 e. The molecule has 0 bridgehead atoms. The molecule has 0 radical (unpaired) electrons. The van der Waals surface area contributed by atoms with Crippen LogP contribution in [0.15, 0.2) is 17.5 Å². The zero-order valence-corrected chi connectivity index (χ0v) is 14.4. The minimum absolute atomic E-state index is 0.0102. The minimum atomic E-state index is -0.145. The molecule has 0 unspecified atom stereocenters. The Bertz CT molecular complexity index is 495. The molecule has 0 saturated carbocycles. The summed E-state index contributed by atoms with van der Waals surface area (Å²) in [6.45, 7) is 7.63. The average molecular weight is 323 g/mol. The number of rotatable bonds is 6. The van der Waals surface area contributed by atoms with Gasteiger partial charge >= 0.3 is 0 Å². The molecule has 1 fully saturated rings.